The van der Waals surface area contributed by atoms with Crippen LogP contribution in [0.15, 0.2) is 84.9 Å². The van der Waals surface area contributed by atoms with Gasteiger partial charge >= 0.3 is 0 Å². The molecule has 0 saturated carbocycles. The molecule has 0 atom stereocenters. The van der Waals surface area contributed by atoms with Crippen molar-refractivity contribution in [3.05, 3.63) is 102 Å². The van der Waals surface area contributed by atoms with Crippen LogP contribution in [-0.4, -0.2) is 12.9 Å². The second kappa shape index (κ2) is 7.42. The smallest absolute Gasteiger partial charge is 0.193 e. The summed E-state index contributed by atoms with van der Waals surface area (Å²) >= 11 is 0. The maximum atomic E-state index is 13.0. The maximum Gasteiger partial charge on any atom is 0.193 e. The first kappa shape index (κ1) is 15.8. The first-order valence-corrected chi connectivity index (χ1v) is 7.79. The predicted molar refractivity (Wildman–Crippen MR) is 98.1 cm³/mol. The van der Waals surface area contributed by atoms with E-state index >= 15 is 0 Å². The lowest BCUT2D eigenvalue weighted by molar-refractivity contribution is 0.105. The molecule has 0 radical (unpaired) electrons. The molecule has 0 bridgehead atoms. The first-order valence-electron chi connectivity index (χ1n) is 7.79. The van der Waals surface area contributed by atoms with Crippen molar-refractivity contribution in [2.75, 3.05) is 7.11 Å². The largest absolute Gasteiger partial charge is 0.497 e. The number of allylic oxidation sites excluding steroid dienone is 1. The van der Waals surface area contributed by atoms with Gasteiger partial charge in [-0.1, -0.05) is 60.7 Å². The zero-order valence-corrected chi connectivity index (χ0v) is 13.5. The molecule has 0 aliphatic carbocycles. The number of ether oxygens (including phenoxy) is 1. The van der Waals surface area contributed by atoms with Crippen LogP contribution in [-0.2, 0) is 0 Å². The summed E-state index contributed by atoms with van der Waals surface area (Å²) in [5.74, 6) is 0.729. The lowest BCUT2D eigenvalue weighted by Gasteiger charge is -2.09. The highest BCUT2D eigenvalue weighted by molar-refractivity contribution is 6.32. The molecule has 0 spiro atoms. The number of carbonyl (C=O) groups excluding carboxylic acids is 1. The van der Waals surface area contributed by atoms with Crippen molar-refractivity contribution in [1.82, 2.24) is 0 Å². The lowest BCUT2D eigenvalue weighted by Crippen LogP contribution is -2.03. The topological polar surface area (TPSA) is 26.3 Å². The Bertz CT molecular complexity index is 832. The fourth-order valence-electron chi connectivity index (χ4n) is 2.51. The molecular formula is C22H18O2. The monoisotopic (exact) mass is 314 g/mol. The SMILES string of the molecule is COc1ccc(C(=O)/C(=C\c2ccccc2)c2ccccc2)cc1. The van der Waals surface area contributed by atoms with Crippen molar-refractivity contribution in [2.45, 2.75) is 0 Å². The molecule has 0 amide bonds. The van der Waals surface area contributed by atoms with E-state index in [0.29, 0.717) is 11.1 Å². The Morgan fingerprint density at radius 1 is 0.750 bits per heavy atom. The average molecular weight is 314 g/mol. The molecule has 3 rings (SSSR count). The number of hydrogen-bond donors (Lipinski definition) is 0. The van der Waals surface area contributed by atoms with Crippen molar-refractivity contribution >= 4 is 17.4 Å². The second-order valence-electron chi connectivity index (χ2n) is 5.39. The summed E-state index contributed by atoms with van der Waals surface area (Å²) in [6, 6.07) is 26.8. The van der Waals surface area contributed by atoms with Gasteiger partial charge in [-0.2, -0.15) is 0 Å². The normalized spacial score (nSPS) is 11.1. The Hall–Kier alpha value is -3.13. The van der Waals surface area contributed by atoms with Gasteiger partial charge in [-0.15, -0.1) is 0 Å². The van der Waals surface area contributed by atoms with Crippen LogP contribution < -0.4 is 4.74 Å². The molecule has 0 heterocycles. The minimum absolute atomic E-state index is 0.00675. The van der Waals surface area contributed by atoms with Crippen LogP contribution in [0.25, 0.3) is 11.6 Å². The van der Waals surface area contributed by atoms with Crippen LogP contribution in [0.1, 0.15) is 21.5 Å². The molecule has 0 aliphatic heterocycles. The van der Waals surface area contributed by atoms with Gasteiger partial charge in [0, 0.05) is 11.1 Å². The van der Waals surface area contributed by atoms with Gasteiger partial charge in [-0.05, 0) is 41.5 Å². The number of ketones is 1. The molecule has 0 aliphatic rings. The Balaban J connectivity index is 2.04. The van der Waals surface area contributed by atoms with Crippen molar-refractivity contribution in [1.29, 1.82) is 0 Å². The van der Waals surface area contributed by atoms with Crippen LogP contribution in [0.3, 0.4) is 0 Å². The summed E-state index contributed by atoms with van der Waals surface area (Å²) in [5, 5.41) is 0. The zero-order chi connectivity index (χ0) is 16.8. The number of rotatable bonds is 5. The minimum Gasteiger partial charge on any atom is -0.497 e. The lowest BCUT2D eigenvalue weighted by atomic mass is 9.95. The Labute approximate surface area is 142 Å². The second-order valence-corrected chi connectivity index (χ2v) is 5.39. The van der Waals surface area contributed by atoms with E-state index in [9.17, 15) is 4.79 Å². The van der Waals surface area contributed by atoms with Gasteiger partial charge in [0.15, 0.2) is 5.78 Å². The molecule has 118 valence electrons. The quantitative estimate of drug-likeness (QED) is 0.371. The number of hydrogen-bond acceptors (Lipinski definition) is 2. The van der Waals surface area contributed by atoms with Gasteiger partial charge in [0.05, 0.1) is 7.11 Å². The van der Waals surface area contributed by atoms with E-state index in [1.807, 2.05) is 66.7 Å². The summed E-state index contributed by atoms with van der Waals surface area (Å²) in [7, 11) is 1.61. The highest BCUT2D eigenvalue weighted by atomic mass is 16.5. The van der Waals surface area contributed by atoms with Crippen LogP contribution in [0.5, 0.6) is 5.75 Å². The highest BCUT2D eigenvalue weighted by Gasteiger charge is 2.14. The fourth-order valence-corrected chi connectivity index (χ4v) is 2.51. The van der Waals surface area contributed by atoms with Gasteiger partial charge in [-0.25, -0.2) is 0 Å². The average Bonchev–Trinajstić information content (AvgIpc) is 2.67. The van der Waals surface area contributed by atoms with Crippen LogP contribution >= 0.6 is 0 Å². The van der Waals surface area contributed by atoms with Crippen LogP contribution in [0.2, 0.25) is 0 Å². The number of Topliss-reactive ketones (excluding diaryl/α,β-unsaturated/α-hetero) is 1. The molecule has 2 nitrogen and oxygen atoms in total. The molecule has 0 fully saturated rings. The van der Waals surface area contributed by atoms with E-state index < -0.39 is 0 Å². The molecule has 0 saturated heterocycles. The standard InChI is InChI=1S/C22H18O2/c1-24-20-14-12-19(13-15-20)22(23)21(18-10-6-3-7-11-18)16-17-8-4-2-5-9-17/h2-16H,1H3/b21-16-. The van der Waals surface area contributed by atoms with Gasteiger partial charge in [-0.3, -0.25) is 4.79 Å². The summed E-state index contributed by atoms with van der Waals surface area (Å²) in [5.41, 5.74) is 3.22. The fraction of sp³-hybridized carbons (Fsp3) is 0.0455. The van der Waals surface area contributed by atoms with Gasteiger partial charge in [0.25, 0.3) is 0 Å². The van der Waals surface area contributed by atoms with E-state index in [1.54, 1.807) is 31.4 Å². The van der Waals surface area contributed by atoms with E-state index in [2.05, 4.69) is 0 Å². The summed E-state index contributed by atoms with van der Waals surface area (Å²) < 4.78 is 5.16. The Morgan fingerprint density at radius 3 is 1.92 bits per heavy atom. The number of methoxy groups -OCH3 is 1. The molecule has 0 unspecified atom stereocenters. The minimum atomic E-state index is -0.00675. The van der Waals surface area contributed by atoms with Crippen LogP contribution in [0, 0.1) is 0 Å². The maximum absolute atomic E-state index is 13.0. The van der Waals surface area contributed by atoms with Gasteiger partial charge in [0.1, 0.15) is 5.75 Å². The van der Waals surface area contributed by atoms with Crippen molar-refractivity contribution in [3.8, 4) is 5.75 Å². The highest BCUT2D eigenvalue weighted by Crippen LogP contribution is 2.24. The van der Waals surface area contributed by atoms with E-state index in [1.165, 1.54) is 0 Å². The van der Waals surface area contributed by atoms with Crippen molar-refractivity contribution in [3.63, 3.8) is 0 Å². The Morgan fingerprint density at radius 2 is 1.33 bits per heavy atom. The van der Waals surface area contributed by atoms with E-state index in [0.717, 1.165) is 16.9 Å². The summed E-state index contributed by atoms with van der Waals surface area (Å²) in [6.45, 7) is 0. The van der Waals surface area contributed by atoms with Gasteiger partial charge < -0.3 is 4.74 Å². The molecule has 3 aromatic rings. The summed E-state index contributed by atoms with van der Waals surface area (Å²) in [4.78, 5) is 13.0. The third-order valence-corrected chi connectivity index (χ3v) is 3.79. The van der Waals surface area contributed by atoms with Crippen LogP contribution in [0.4, 0.5) is 0 Å². The molecule has 24 heavy (non-hydrogen) atoms. The van der Waals surface area contributed by atoms with Crippen molar-refractivity contribution < 1.29 is 9.53 Å². The Kier molecular flexibility index (Phi) is 4.87. The third-order valence-electron chi connectivity index (χ3n) is 3.79. The third kappa shape index (κ3) is 3.61. The predicted octanol–water partition coefficient (Wildman–Crippen LogP) is 5.12. The number of carbonyl (C=O) groups is 1. The number of benzene rings is 3. The molecule has 2 heteroatoms. The van der Waals surface area contributed by atoms with Gasteiger partial charge in [0.2, 0.25) is 0 Å². The molecule has 0 N–H and O–H groups in total. The van der Waals surface area contributed by atoms with Crippen molar-refractivity contribution in [2.24, 2.45) is 0 Å². The molecular weight excluding hydrogens is 296 g/mol. The first-order chi connectivity index (χ1) is 11.8. The molecule has 3 aromatic carbocycles. The summed E-state index contributed by atoms with van der Waals surface area (Å²) in [6.07, 6.45) is 1.93. The zero-order valence-electron chi connectivity index (χ0n) is 13.5. The van der Waals surface area contributed by atoms with E-state index in [4.69, 9.17) is 4.74 Å². The molecule has 0 aromatic heterocycles. The van der Waals surface area contributed by atoms with E-state index in [-0.39, 0.29) is 5.78 Å².